The number of aromatic hydroxyl groups is 3. The fourth-order valence-corrected chi connectivity index (χ4v) is 6.27. The van der Waals surface area contributed by atoms with Crippen LogP contribution < -0.4 is 10.2 Å². The van der Waals surface area contributed by atoms with Crippen molar-refractivity contribution in [3.63, 3.8) is 0 Å². The van der Waals surface area contributed by atoms with E-state index in [4.69, 9.17) is 28.1 Å². The van der Waals surface area contributed by atoms with Gasteiger partial charge in [-0.2, -0.15) is 0 Å². The summed E-state index contributed by atoms with van der Waals surface area (Å²) in [6.07, 6.45) is -15.3. The number of aliphatic hydroxyl groups excluding tert-OH is 6. The number of benzene rings is 3. The summed E-state index contributed by atoms with van der Waals surface area (Å²) in [6.45, 7) is -1.47. The summed E-state index contributed by atoms with van der Waals surface area (Å²) in [5.41, 5.74) is -0.145. The van der Waals surface area contributed by atoms with Crippen LogP contribution in [0.4, 0.5) is 0 Å². The molecule has 0 amide bonds. The molecule has 17 heteroatoms. The van der Waals surface area contributed by atoms with Crippen LogP contribution in [0, 0.1) is 0 Å². The standard InChI is InChI=1S/C37H38O17/c1-49-22-13-23-27(20(41)12-21(51-23)17-5-9-19(40)10-6-17)31(45)28(22)35-36(33(47)29(43)24(14-38)52-35)54-37-34(48)32(46)30(44)25(53-37)15-50-26(42)11-4-16-2-7-18(39)8-3-16/h2-13,24-25,29-30,32-40,43-48H,14-15H2,1H3/t24-,25-,29-,30-,32+,33+,34-,35+,36-,37+/m1/s1. The molecule has 2 aliphatic rings. The summed E-state index contributed by atoms with van der Waals surface area (Å²) in [7, 11) is 1.22. The van der Waals surface area contributed by atoms with Gasteiger partial charge in [0.1, 0.15) is 101 Å². The largest absolute Gasteiger partial charge is 0.508 e. The number of fused-ring (bicyclic) bond motifs is 1. The summed E-state index contributed by atoms with van der Waals surface area (Å²) in [6, 6.07) is 14.1. The first-order valence-electron chi connectivity index (χ1n) is 16.6. The topological polar surface area (TPSA) is 275 Å². The van der Waals surface area contributed by atoms with Crippen molar-refractivity contribution in [2.45, 2.75) is 61.2 Å². The Balaban J connectivity index is 1.29. The number of hydrogen-bond donors (Lipinski definition) is 9. The minimum atomic E-state index is -1.99. The number of esters is 1. The van der Waals surface area contributed by atoms with E-state index in [0.717, 1.165) is 12.1 Å². The fourth-order valence-electron chi connectivity index (χ4n) is 6.27. The molecule has 1 aromatic heterocycles. The van der Waals surface area contributed by atoms with Crippen molar-refractivity contribution >= 4 is 23.0 Å². The van der Waals surface area contributed by atoms with Crippen molar-refractivity contribution in [2.24, 2.45) is 0 Å². The van der Waals surface area contributed by atoms with E-state index in [0.29, 0.717) is 11.1 Å². The van der Waals surface area contributed by atoms with Gasteiger partial charge in [-0.3, -0.25) is 4.79 Å². The number of carbonyl (C=O) groups is 1. The van der Waals surface area contributed by atoms with E-state index in [1.807, 2.05) is 0 Å². The lowest BCUT2D eigenvalue weighted by Crippen LogP contribution is -2.63. The van der Waals surface area contributed by atoms with Gasteiger partial charge < -0.3 is 74.1 Å². The summed E-state index contributed by atoms with van der Waals surface area (Å²) in [5, 5.41) is 94.7. The monoisotopic (exact) mass is 754 g/mol. The Morgan fingerprint density at radius 2 is 1.46 bits per heavy atom. The van der Waals surface area contributed by atoms with Crippen LogP contribution in [-0.4, -0.2) is 127 Å². The fraction of sp³-hybridized carbons (Fsp3) is 0.351. The van der Waals surface area contributed by atoms with Crippen molar-refractivity contribution in [3.05, 3.63) is 88.1 Å². The van der Waals surface area contributed by atoms with Gasteiger partial charge in [0.15, 0.2) is 11.7 Å². The molecule has 0 unspecified atom stereocenters. The molecule has 10 atom stereocenters. The zero-order chi connectivity index (χ0) is 38.8. The lowest BCUT2D eigenvalue weighted by Gasteiger charge is -2.46. The third kappa shape index (κ3) is 7.76. The first kappa shape index (κ1) is 38.6. The van der Waals surface area contributed by atoms with Gasteiger partial charge >= 0.3 is 5.97 Å². The van der Waals surface area contributed by atoms with Crippen LogP contribution in [0.15, 0.2) is 76.0 Å². The number of phenolic OH excluding ortho intramolecular Hbond substituents is 3. The molecule has 0 bridgehead atoms. The number of methoxy groups -OCH3 is 1. The molecule has 2 saturated heterocycles. The van der Waals surface area contributed by atoms with E-state index in [1.165, 1.54) is 55.7 Å². The van der Waals surface area contributed by atoms with Crippen molar-refractivity contribution in [1.82, 2.24) is 0 Å². The molecule has 17 nitrogen and oxygen atoms in total. The van der Waals surface area contributed by atoms with Crippen molar-refractivity contribution in [1.29, 1.82) is 0 Å². The number of hydrogen-bond acceptors (Lipinski definition) is 17. The van der Waals surface area contributed by atoms with Gasteiger partial charge in [0.05, 0.1) is 19.3 Å². The van der Waals surface area contributed by atoms with Crippen molar-refractivity contribution in [3.8, 4) is 34.3 Å². The number of ether oxygens (including phenoxy) is 5. The Hall–Kier alpha value is -5.08. The predicted octanol–water partition coefficient (Wildman–Crippen LogP) is 0.189. The SMILES string of the molecule is COc1cc2oc(-c3ccc(O)cc3)cc(=O)c2c(O)c1[C@@H]1O[C@H](CO)[C@@H](O)[C@H](O)[C@H]1O[C@@H]1O[C@H](COC(=O)C=Cc2ccc(O)cc2)[C@@H](O)[C@H](O)[C@H]1O. The summed E-state index contributed by atoms with van der Waals surface area (Å²) >= 11 is 0. The highest BCUT2D eigenvalue weighted by Gasteiger charge is 2.52. The average Bonchev–Trinajstić information content (AvgIpc) is 3.16. The van der Waals surface area contributed by atoms with Crippen LogP contribution in [0.25, 0.3) is 28.4 Å². The Morgan fingerprint density at radius 3 is 2.11 bits per heavy atom. The molecule has 2 aliphatic heterocycles. The Bertz CT molecular complexity index is 2030. The van der Waals surface area contributed by atoms with Gasteiger partial charge in [0.2, 0.25) is 0 Å². The maximum atomic E-state index is 13.4. The predicted molar refractivity (Wildman–Crippen MR) is 184 cm³/mol. The van der Waals surface area contributed by atoms with Crippen molar-refractivity contribution in [2.75, 3.05) is 20.3 Å². The maximum absolute atomic E-state index is 13.4. The van der Waals surface area contributed by atoms with E-state index in [9.17, 15) is 55.5 Å². The minimum absolute atomic E-state index is 0.0185. The molecule has 2 fully saturated rings. The number of phenols is 3. The van der Waals surface area contributed by atoms with Gasteiger partial charge in [-0.25, -0.2) is 4.79 Å². The van der Waals surface area contributed by atoms with Crippen LogP contribution in [0.2, 0.25) is 0 Å². The zero-order valence-corrected chi connectivity index (χ0v) is 28.4. The molecule has 3 aromatic carbocycles. The normalized spacial score (nSPS) is 28.6. The molecule has 3 heterocycles. The first-order chi connectivity index (χ1) is 25.8. The molecule has 6 rings (SSSR count). The zero-order valence-electron chi connectivity index (χ0n) is 28.4. The van der Waals surface area contributed by atoms with E-state index in [-0.39, 0.29) is 39.5 Å². The molecule has 0 aliphatic carbocycles. The Morgan fingerprint density at radius 1 is 0.815 bits per heavy atom. The van der Waals surface area contributed by atoms with Crippen LogP contribution in [-0.2, 0) is 23.7 Å². The smallest absolute Gasteiger partial charge is 0.330 e. The van der Waals surface area contributed by atoms with Gasteiger partial charge in [0.25, 0.3) is 0 Å². The second-order valence-electron chi connectivity index (χ2n) is 12.7. The minimum Gasteiger partial charge on any atom is -0.508 e. The molecule has 54 heavy (non-hydrogen) atoms. The van der Waals surface area contributed by atoms with E-state index in [2.05, 4.69) is 0 Å². The highest BCUT2D eigenvalue weighted by molar-refractivity contribution is 5.88. The van der Waals surface area contributed by atoms with E-state index >= 15 is 0 Å². The van der Waals surface area contributed by atoms with Gasteiger partial charge in [-0.05, 0) is 48.0 Å². The second kappa shape index (κ2) is 16.1. The molecular formula is C37H38O17. The Kier molecular flexibility index (Phi) is 11.5. The molecule has 288 valence electrons. The molecular weight excluding hydrogens is 716 g/mol. The molecule has 0 saturated carbocycles. The third-order valence-electron chi connectivity index (χ3n) is 9.17. The summed E-state index contributed by atoms with van der Waals surface area (Å²) in [5.74, 6) is -1.66. The van der Waals surface area contributed by atoms with Gasteiger partial charge in [-0.15, -0.1) is 0 Å². The summed E-state index contributed by atoms with van der Waals surface area (Å²) < 4.78 is 34.1. The van der Waals surface area contributed by atoms with Gasteiger partial charge in [0, 0.05) is 23.8 Å². The van der Waals surface area contributed by atoms with Crippen molar-refractivity contribution < 1.29 is 78.9 Å². The van der Waals surface area contributed by atoms with Crippen LogP contribution >= 0.6 is 0 Å². The lowest BCUT2D eigenvalue weighted by atomic mass is 9.89. The second-order valence-corrected chi connectivity index (χ2v) is 12.7. The number of rotatable bonds is 10. The molecule has 0 spiro atoms. The Labute approximate surface area is 305 Å². The highest BCUT2D eigenvalue weighted by Crippen LogP contribution is 2.46. The molecule has 0 radical (unpaired) electrons. The molecule has 4 aromatic rings. The lowest BCUT2D eigenvalue weighted by molar-refractivity contribution is -0.342. The van der Waals surface area contributed by atoms with Crippen LogP contribution in [0.5, 0.6) is 23.0 Å². The number of carbonyl (C=O) groups excluding carboxylic acids is 1. The van der Waals surface area contributed by atoms with E-state index in [1.54, 1.807) is 12.1 Å². The average molecular weight is 755 g/mol. The first-order valence-corrected chi connectivity index (χ1v) is 16.6. The number of aliphatic hydroxyl groups is 6. The van der Waals surface area contributed by atoms with Gasteiger partial charge in [-0.1, -0.05) is 12.1 Å². The summed E-state index contributed by atoms with van der Waals surface area (Å²) in [4.78, 5) is 25.9. The van der Waals surface area contributed by atoms with Crippen LogP contribution in [0.3, 0.4) is 0 Å². The maximum Gasteiger partial charge on any atom is 0.330 e. The highest BCUT2D eigenvalue weighted by atomic mass is 16.7. The van der Waals surface area contributed by atoms with E-state index < -0.39 is 91.6 Å². The van der Waals surface area contributed by atoms with Crippen LogP contribution in [0.1, 0.15) is 17.2 Å². The third-order valence-corrected chi connectivity index (χ3v) is 9.17. The molecule has 9 N–H and O–H groups in total. The quantitative estimate of drug-likeness (QED) is 0.0772.